The summed E-state index contributed by atoms with van der Waals surface area (Å²) in [7, 11) is 0. The van der Waals surface area contributed by atoms with Crippen LogP contribution >= 0.6 is 11.6 Å². The van der Waals surface area contributed by atoms with Gasteiger partial charge in [-0.2, -0.15) is 0 Å². The predicted molar refractivity (Wildman–Crippen MR) is 119 cm³/mol. The first-order valence-corrected chi connectivity index (χ1v) is 12.1. The first-order chi connectivity index (χ1) is 16.4. The van der Waals surface area contributed by atoms with Crippen molar-refractivity contribution in [3.05, 3.63) is 63.9 Å². The molecule has 4 aliphatic rings. The summed E-state index contributed by atoms with van der Waals surface area (Å²) in [4.78, 5) is 32.8. The molecule has 2 aromatic rings. The first-order valence-electron chi connectivity index (χ1n) is 11.7. The molecule has 1 aromatic heterocycles. The second-order valence-corrected chi connectivity index (χ2v) is 10.3. The third kappa shape index (κ3) is 3.86. The molecule has 178 valence electrons. The van der Waals surface area contributed by atoms with E-state index in [0.717, 1.165) is 37.0 Å². The normalized spacial score (nSPS) is 26.6. The minimum absolute atomic E-state index is 0.0184. The van der Waals surface area contributed by atoms with Gasteiger partial charge in [-0.15, -0.1) is 0 Å². The molecule has 3 heterocycles. The highest BCUT2D eigenvalue weighted by molar-refractivity contribution is 6.30. The molecule has 2 aliphatic heterocycles. The fourth-order valence-corrected chi connectivity index (χ4v) is 5.42. The summed E-state index contributed by atoms with van der Waals surface area (Å²) in [5, 5.41) is 2.58. The lowest BCUT2D eigenvalue weighted by molar-refractivity contribution is -0.128. The van der Waals surface area contributed by atoms with Crippen LogP contribution in [0.1, 0.15) is 59.3 Å². The standard InChI is InChI=1S/C25H24ClF2N3O3/c26-17-9-18(27)16(8-19(17)28)23(15-10-34-11-15)30-24(32)22-7-14-6-21(14)31(22)25(33)20-5-13(3-4-29-20)12-1-2-12/h3-5,8-9,12,14-15,21-23H,1-2,6-7,10-11H2,(H,30,32)/t14-,21-,22-,23?/m1/s1. The monoisotopic (exact) mass is 487 g/mol. The van der Waals surface area contributed by atoms with Crippen LogP contribution < -0.4 is 5.32 Å². The number of carbonyl (C=O) groups excluding carboxylic acids is 2. The molecule has 6 rings (SSSR count). The molecular formula is C25H24ClF2N3O3. The number of pyridine rings is 1. The highest BCUT2D eigenvalue weighted by Gasteiger charge is 2.56. The number of carbonyl (C=O) groups is 2. The van der Waals surface area contributed by atoms with Gasteiger partial charge >= 0.3 is 0 Å². The van der Waals surface area contributed by atoms with Gasteiger partial charge in [0.15, 0.2) is 0 Å². The summed E-state index contributed by atoms with van der Waals surface area (Å²) >= 11 is 5.72. The van der Waals surface area contributed by atoms with Gasteiger partial charge in [-0.3, -0.25) is 14.6 Å². The van der Waals surface area contributed by atoms with Crippen LogP contribution in [0.3, 0.4) is 0 Å². The van der Waals surface area contributed by atoms with Crippen molar-refractivity contribution in [2.24, 2.45) is 11.8 Å². The number of aromatic nitrogens is 1. The van der Waals surface area contributed by atoms with Crippen LogP contribution in [0, 0.1) is 23.5 Å². The van der Waals surface area contributed by atoms with Gasteiger partial charge in [0.25, 0.3) is 5.91 Å². The van der Waals surface area contributed by atoms with E-state index in [-0.39, 0.29) is 40.3 Å². The lowest BCUT2D eigenvalue weighted by Gasteiger charge is -2.36. The Labute approximate surface area is 200 Å². The molecule has 2 amide bonds. The van der Waals surface area contributed by atoms with Crippen LogP contribution in [0.2, 0.25) is 5.02 Å². The van der Waals surface area contributed by atoms with Crippen molar-refractivity contribution in [2.45, 2.75) is 49.7 Å². The van der Waals surface area contributed by atoms with Crippen LogP contribution in [0.4, 0.5) is 8.78 Å². The lowest BCUT2D eigenvalue weighted by Crippen LogP contribution is -2.51. The fraction of sp³-hybridized carbons (Fsp3) is 0.480. The Hall–Kier alpha value is -2.58. The maximum absolute atomic E-state index is 14.7. The molecule has 9 heteroatoms. The molecule has 1 N–H and O–H groups in total. The van der Waals surface area contributed by atoms with Gasteiger partial charge in [0.2, 0.25) is 5.91 Å². The average molecular weight is 488 g/mol. The maximum atomic E-state index is 14.7. The van der Waals surface area contributed by atoms with E-state index in [1.54, 1.807) is 11.1 Å². The second kappa shape index (κ2) is 8.27. The van der Waals surface area contributed by atoms with E-state index < -0.39 is 23.7 Å². The third-order valence-electron chi connectivity index (χ3n) is 7.50. The number of likely N-dealkylation sites (tertiary alicyclic amines) is 1. The van der Waals surface area contributed by atoms with E-state index in [9.17, 15) is 18.4 Å². The van der Waals surface area contributed by atoms with Crippen LogP contribution in [-0.2, 0) is 9.53 Å². The van der Waals surface area contributed by atoms with Crippen molar-refractivity contribution in [3.63, 3.8) is 0 Å². The summed E-state index contributed by atoms with van der Waals surface area (Å²) in [5.41, 5.74) is 1.49. The van der Waals surface area contributed by atoms with Crippen LogP contribution in [0.15, 0.2) is 30.5 Å². The second-order valence-electron chi connectivity index (χ2n) is 9.85. The van der Waals surface area contributed by atoms with Crippen LogP contribution in [0.5, 0.6) is 0 Å². The molecule has 2 aliphatic carbocycles. The zero-order valence-corrected chi connectivity index (χ0v) is 19.1. The van der Waals surface area contributed by atoms with Gasteiger partial charge in [0.1, 0.15) is 23.4 Å². The molecule has 0 spiro atoms. The number of fused-ring (bicyclic) bond motifs is 1. The number of nitrogens with one attached hydrogen (secondary N) is 1. The van der Waals surface area contributed by atoms with E-state index in [2.05, 4.69) is 10.3 Å². The van der Waals surface area contributed by atoms with E-state index in [0.29, 0.717) is 31.2 Å². The largest absolute Gasteiger partial charge is 0.381 e. The van der Waals surface area contributed by atoms with Crippen molar-refractivity contribution >= 4 is 23.4 Å². The Bertz CT molecular complexity index is 1170. The number of benzene rings is 1. The molecule has 2 saturated carbocycles. The Morgan fingerprint density at radius 2 is 1.94 bits per heavy atom. The number of hydrogen-bond donors (Lipinski definition) is 1. The Morgan fingerprint density at radius 3 is 2.65 bits per heavy atom. The molecule has 1 unspecified atom stereocenters. The molecule has 2 saturated heterocycles. The SMILES string of the molecule is O=C(NC(c1cc(F)c(Cl)cc1F)C1COC1)[C@H]1C[C@H]2C[C@H]2N1C(=O)c1cc(C2CC2)ccn1. The minimum Gasteiger partial charge on any atom is -0.381 e. The first kappa shape index (κ1) is 21.9. The Kier molecular flexibility index (Phi) is 5.33. The molecule has 0 bridgehead atoms. The number of hydrogen-bond acceptors (Lipinski definition) is 4. The summed E-state index contributed by atoms with van der Waals surface area (Å²) < 4.78 is 34.1. The minimum atomic E-state index is -0.779. The van der Waals surface area contributed by atoms with Gasteiger partial charge in [-0.25, -0.2) is 8.78 Å². The quantitative estimate of drug-likeness (QED) is 0.625. The van der Waals surface area contributed by atoms with Crippen molar-refractivity contribution in [1.29, 1.82) is 0 Å². The molecule has 6 nitrogen and oxygen atoms in total. The summed E-state index contributed by atoms with van der Waals surface area (Å²) in [6, 6.07) is 4.29. The van der Waals surface area contributed by atoms with Crippen LogP contribution in [-0.4, -0.2) is 47.0 Å². The maximum Gasteiger partial charge on any atom is 0.273 e. The van der Waals surface area contributed by atoms with Gasteiger partial charge in [-0.05, 0) is 67.3 Å². The van der Waals surface area contributed by atoms with E-state index in [1.165, 1.54) is 0 Å². The topological polar surface area (TPSA) is 71.5 Å². The van der Waals surface area contributed by atoms with E-state index in [4.69, 9.17) is 16.3 Å². The van der Waals surface area contributed by atoms with Crippen molar-refractivity contribution < 1.29 is 23.1 Å². The number of rotatable bonds is 6. The smallest absolute Gasteiger partial charge is 0.273 e. The number of halogens is 3. The number of ether oxygens (including phenoxy) is 1. The molecule has 4 fully saturated rings. The fourth-order valence-electron chi connectivity index (χ4n) is 5.27. The summed E-state index contributed by atoms with van der Waals surface area (Å²) in [6.07, 6.45) is 5.31. The van der Waals surface area contributed by atoms with Crippen molar-refractivity contribution in [3.8, 4) is 0 Å². The lowest BCUT2D eigenvalue weighted by atomic mass is 9.90. The average Bonchev–Trinajstić information content (AvgIpc) is 3.72. The Balaban J connectivity index is 1.25. The predicted octanol–water partition coefficient (Wildman–Crippen LogP) is 4.00. The molecule has 0 radical (unpaired) electrons. The summed E-state index contributed by atoms with van der Waals surface area (Å²) in [5.74, 6) is -1.49. The zero-order chi connectivity index (χ0) is 23.6. The summed E-state index contributed by atoms with van der Waals surface area (Å²) in [6.45, 7) is 0.649. The molecular weight excluding hydrogens is 464 g/mol. The van der Waals surface area contributed by atoms with Crippen molar-refractivity contribution in [1.82, 2.24) is 15.2 Å². The number of amides is 2. The number of nitrogens with zero attached hydrogens (tertiary/aromatic N) is 2. The van der Waals surface area contributed by atoms with E-state index in [1.807, 2.05) is 12.1 Å². The Morgan fingerprint density at radius 1 is 1.15 bits per heavy atom. The van der Waals surface area contributed by atoms with Crippen LogP contribution in [0.25, 0.3) is 0 Å². The molecule has 4 atom stereocenters. The van der Waals surface area contributed by atoms with Gasteiger partial charge in [0.05, 0.1) is 24.3 Å². The van der Waals surface area contributed by atoms with Crippen molar-refractivity contribution in [2.75, 3.05) is 13.2 Å². The third-order valence-corrected chi connectivity index (χ3v) is 7.79. The highest BCUT2D eigenvalue weighted by Crippen LogP contribution is 2.49. The van der Waals surface area contributed by atoms with Gasteiger partial charge in [0, 0.05) is 23.7 Å². The molecule has 34 heavy (non-hydrogen) atoms. The van der Waals surface area contributed by atoms with Gasteiger partial charge in [-0.1, -0.05) is 11.6 Å². The number of piperidine rings is 1. The molecule has 1 aromatic carbocycles. The highest BCUT2D eigenvalue weighted by atomic mass is 35.5. The van der Waals surface area contributed by atoms with E-state index >= 15 is 0 Å². The van der Waals surface area contributed by atoms with Gasteiger partial charge < -0.3 is 15.0 Å². The zero-order valence-electron chi connectivity index (χ0n) is 18.3.